The Morgan fingerprint density at radius 3 is 2.89 bits per heavy atom. The number of aryl methyl sites for hydroxylation is 1. The molecule has 92 valence electrons. The zero-order chi connectivity index (χ0) is 13.1. The highest BCUT2D eigenvalue weighted by atomic mass is 79.9. The Balaban J connectivity index is 2.24. The number of aromatic nitrogens is 2. The van der Waals surface area contributed by atoms with E-state index in [-0.39, 0.29) is 11.5 Å². The van der Waals surface area contributed by atoms with Crippen LogP contribution in [0.4, 0.5) is 5.82 Å². The smallest absolute Gasteiger partial charge is 0.257 e. The molecule has 2 N–H and O–H groups in total. The number of hydrogen-bond acceptors (Lipinski definition) is 3. The number of carbonyl (C=O) groups excluding carboxylic acids is 1. The molecule has 0 spiro atoms. The minimum absolute atomic E-state index is 0.294. The van der Waals surface area contributed by atoms with Crippen LogP contribution >= 0.6 is 15.9 Å². The van der Waals surface area contributed by atoms with Gasteiger partial charge in [-0.3, -0.25) is 9.59 Å². The second-order valence-electron chi connectivity index (χ2n) is 3.71. The van der Waals surface area contributed by atoms with E-state index in [0.29, 0.717) is 11.4 Å². The molecule has 1 amide bonds. The number of halogens is 1. The predicted octanol–water partition coefficient (Wildman–Crippen LogP) is 2.09. The van der Waals surface area contributed by atoms with Crippen molar-refractivity contribution in [3.8, 4) is 0 Å². The molecule has 0 saturated carbocycles. The molecule has 0 aromatic carbocycles. The number of pyridine rings is 2. The molecule has 0 aliphatic rings. The standard InChI is InChI=1S/C12H10BrN3O2/c1-7-4-9(13)6-15-11(7)16-12(18)8-2-3-14-10(17)5-8/h2-6H,1H3,(H,14,17)(H,15,16,18). The fourth-order valence-corrected chi connectivity index (χ4v) is 1.88. The molecule has 0 aliphatic carbocycles. The highest BCUT2D eigenvalue weighted by Gasteiger charge is 2.09. The van der Waals surface area contributed by atoms with Crippen LogP contribution in [0.5, 0.6) is 0 Å². The van der Waals surface area contributed by atoms with E-state index in [1.54, 1.807) is 6.20 Å². The fourth-order valence-electron chi connectivity index (χ4n) is 1.44. The molecule has 0 unspecified atom stereocenters. The zero-order valence-corrected chi connectivity index (χ0v) is 11.1. The summed E-state index contributed by atoms with van der Waals surface area (Å²) in [5.74, 6) is 0.113. The second kappa shape index (κ2) is 5.14. The number of hydrogen-bond donors (Lipinski definition) is 2. The van der Waals surface area contributed by atoms with E-state index in [4.69, 9.17) is 0 Å². The van der Waals surface area contributed by atoms with Crippen LogP contribution in [-0.2, 0) is 0 Å². The van der Waals surface area contributed by atoms with Crippen molar-refractivity contribution in [1.29, 1.82) is 0 Å². The Kier molecular flexibility index (Phi) is 3.57. The van der Waals surface area contributed by atoms with Gasteiger partial charge in [-0.25, -0.2) is 4.98 Å². The molecule has 0 radical (unpaired) electrons. The lowest BCUT2D eigenvalue weighted by Crippen LogP contribution is -2.16. The topological polar surface area (TPSA) is 74.8 Å². The third-order valence-electron chi connectivity index (χ3n) is 2.31. The van der Waals surface area contributed by atoms with Crippen LogP contribution < -0.4 is 10.9 Å². The van der Waals surface area contributed by atoms with Crippen molar-refractivity contribution in [2.24, 2.45) is 0 Å². The summed E-state index contributed by atoms with van der Waals surface area (Å²) in [5.41, 5.74) is 0.813. The quantitative estimate of drug-likeness (QED) is 0.892. The Morgan fingerprint density at radius 2 is 2.22 bits per heavy atom. The van der Waals surface area contributed by atoms with Gasteiger partial charge in [0.1, 0.15) is 5.82 Å². The first-order valence-electron chi connectivity index (χ1n) is 5.18. The number of H-pyrrole nitrogens is 1. The molecule has 0 fully saturated rings. The lowest BCUT2D eigenvalue weighted by Gasteiger charge is -2.07. The maximum atomic E-state index is 11.9. The van der Waals surface area contributed by atoms with Crippen LogP contribution in [0, 0.1) is 6.92 Å². The minimum Gasteiger partial charge on any atom is -0.329 e. The lowest BCUT2D eigenvalue weighted by molar-refractivity contribution is 0.102. The summed E-state index contributed by atoms with van der Waals surface area (Å²) in [5, 5.41) is 2.66. The van der Waals surface area contributed by atoms with E-state index in [9.17, 15) is 9.59 Å². The second-order valence-corrected chi connectivity index (χ2v) is 4.63. The van der Waals surface area contributed by atoms with Crippen LogP contribution in [0.2, 0.25) is 0 Å². The molecule has 2 heterocycles. The highest BCUT2D eigenvalue weighted by Crippen LogP contribution is 2.17. The average molecular weight is 308 g/mol. The normalized spacial score (nSPS) is 10.1. The Bertz CT molecular complexity index is 652. The third kappa shape index (κ3) is 2.84. The summed E-state index contributed by atoms with van der Waals surface area (Å²) in [7, 11) is 0. The van der Waals surface area contributed by atoms with Gasteiger partial charge in [0.2, 0.25) is 5.56 Å². The van der Waals surface area contributed by atoms with Crippen LogP contribution in [0.3, 0.4) is 0 Å². The minimum atomic E-state index is -0.362. The van der Waals surface area contributed by atoms with Crippen LogP contribution in [0.25, 0.3) is 0 Å². The first-order valence-corrected chi connectivity index (χ1v) is 5.98. The van der Waals surface area contributed by atoms with Gasteiger partial charge >= 0.3 is 0 Å². The van der Waals surface area contributed by atoms with Gasteiger partial charge in [0.25, 0.3) is 5.91 Å². The van der Waals surface area contributed by atoms with Crippen molar-refractivity contribution in [2.75, 3.05) is 5.32 Å². The maximum Gasteiger partial charge on any atom is 0.257 e. The van der Waals surface area contributed by atoms with Gasteiger partial charge in [-0.05, 0) is 40.5 Å². The van der Waals surface area contributed by atoms with Gasteiger partial charge in [-0.1, -0.05) is 0 Å². The summed E-state index contributed by atoms with van der Waals surface area (Å²) in [6.07, 6.45) is 3.03. The maximum absolute atomic E-state index is 11.9. The van der Waals surface area contributed by atoms with Crippen molar-refractivity contribution in [3.05, 3.63) is 56.5 Å². The van der Waals surface area contributed by atoms with E-state index in [1.807, 2.05) is 13.0 Å². The highest BCUT2D eigenvalue weighted by molar-refractivity contribution is 9.10. The van der Waals surface area contributed by atoms with Gasteiger partial charge in [0, 0.05) is 28.5 Å². The first-order chi connectivity index (χ1) is 8.56. The molecular weight excluding hydrogens is 298 g/mol. The molecule has 5 nitrogen and oxygen atoms in total. The SMILES string of the molecule is Cc1cc(Br)cnc1NC(=O)c1cc[nH]c(=O)c1. The van der Waals surface area contributed by atoms with Gasteiger partial charge in [0.05, 0.1) is 0 Å². The molecule has 2 rings (SSSR count). The molecule has 0 aliphatic heterocycles. The Hall–Kier alpha value is -1.95. The Labute approximate surface area is 111 Å². The van der Waals surface area contributed by atoms with Crippen LogP contribution in [0.15, 0.2) is 39.9 Å². The van der Waals surface area contributed by atoms with Crippen molar-refractivity contribution in [3.63, 3.8) is 0 Å². The van der Waals surface area contributed by atoms with Crippen molar-refractivity contribution in [2.45, 2.75) is 6.92 Å². The molecule has 2 aromatic rings. The predicted molar refractivity (Wildman–Crippen MR) is 71.7 cm³/mol. The summed E-state index contributed by atoms with van der Waals surface area (Å²) in [6.45, 7) is 1.84. The third-order valence-corrected chi connectivity index (χ3v) is 2.75. The Morgan fingerprint density at radius 1 is 1.44 bits per heavy atom. The van der Waals surface area contributed by atoms with E-state index < -0.39 is 0 Å². The number of anilines is 1. The fraction of sp³-hybridized carbons (Fsp3) is 0.0833. The van der Waals surface area contributed by atoms with E-state index in [0.717, 1.165) is 10.0 Å². The summed E-state index contributed by atoms with van der Waals surface area (Å²) < 4.78 is 0.842. The molecule has 0 atom stereocenters. The number of nitrogens with one attached hydrogen (secondary N) is 2. The molecule has 2 aromatic heterocycles. The van der Waals surface area contributed by atoms with E-state index in [1.165, 1.54) is 18.3 Å². The molecular formula is C12H10BrN3O2. The summed E-state index contributed by atoms with van der Waals surface area (Å²) in [4.78, 5) is 29.5. The summed E-state index contributed by atoms with van der Waals surface area (Å²) >= 11 is 3.30. The van der Waals surface area contributed by atoms with E-state index in [2.05, 4.69) is 31.2 Å². The van der Waals surface area contributed by atoms with Crippen molar-refractivity contribution < 1.29 is 4.79 Å². The molecule has 0 saturated heterocycles. The number of nitrogens with zero attached hydrogens (tertiary/aromatic N) is 1. The van der Waals surface area contributed by atoms with Crippen LogP contribution in [-0.4, -0.2) is 15.9 Å². The van der Waals surface area contributed by atoms with Gasteiger partial charge in [-0.2, -0.15) is 0 Å². The van der Waals surface area contributed by atoms with Gasteiger partial charge in [-0.15, -0.1) is 0 Å². The molecule has 6 heteroatoms. The largest absolute Gasteiger partial charge is 0.329 e. The monoisotopic (exact) mass is 307 g/mol. The molecule has 0 bridgehead atoms. The van der Waals surface area contributed by atoms with Gasteiger partial charge < -0.3 is 10.3 Å². The molecule has 18 heavy (non-hydrogen) atoms. The zero-order valence-electron chi connectivity index (χ0n) is 9.53. The number of aromatic amines is 1. The number of rotatable bonds is 2. The van der Waals surface area contributed by atoms with E-state index >= 15 is 0 Å². The first kappa shape index (κ1) is 12.5. The van der Waals surface area contributed by atoms with Crippen molar-refractivity contribution in [1.82, 2.24) is 9.97 Å². The van der Waals surface area contributed by atoms with Crippen molar-refractivity contribution >= 4 is 27.7 Å². The number of amides is 1. The van der Waals surface area contributed by atoms with Gasteiger partial charge in [0.15, 0.2) is 0 Å². The summed E-state index contributed by atoms with van der Waals surface area (Å²) in [6, 6.07) is 4.62. The average Bonchev–Trinajstić information content (AvgIpc) is 2.32. The van der Waals surface area contributed by atoms with Crippen LogP contribution in [0.1, 0.15) is 15.9 Å². The number of carbonyl (C=O) groups is 1. The lowest BCUT2D eigenvalue weighted by atomic mass is 10.2.